The van der Waals surface area contributed by atoms with Crippen LogP contribution in [0.15, 0.2) is 21.3 Å². The number of rotatable bonds is 4. The Morgan fingerprint density at radius 2 is 2.02 bits per heavy atom. The number of nitrogens with one attached hydrogen (secondary N) is 2. The molecule has 2 unspecified atom stereocenters. The van der Waals surface area contributed by atoms with E-state index in [0.29, 0.717) is 41.3 Å². The normalized spacial score (nSPS) is 33.4. The predicted octanol–water partition coefficient (Wildman–Crippen LogP) is 3.10. The van der Waals surface area contributed by atoms with Crippen LogP contribution in [0.1, 0.15) is 82.1 Å². The zero-order valence-corrected chi connectivity index (χ0v) is 29.6. The fraction of sp³-hybridized carbons (Fsp3) is 0.667. The minimum Gasteiger partial charge on any atom is -0.393 e. The number of allylic oxidation sites excluding steroid dienone is 1. The van der Waals surface area contributed by atoms with Crippen molar-refractivity contribution in [2.24, 2.45) is 11.7 Å². The van der Waals surface area contributed by atoms with Gasteiger partial charge in [0, 0.05) is 47.8 Å². The third kappa shape index (κ3) is 4.86. The first-order chi connectivity index (χ1) is 23.6. The summed E-state index contributed by atoms with van der Waals surface area (Å²) >= 11 is 1.65. The van der Waals surface area contributed by atoms with E-state index >= 15 is 0 Å². The summed E-state index contributed by atoms with van der Waals surface area (Å²) in [6.45, 7) is 4.80. The van der Waals surface area contributed by atoms with Crippen molar-refractivity contribution in [3.63, 3.8) is 0 Å². The second-order valence-corrected chi connectivity index (χ2v) is 17.9. The van der Waals surface area contributed by atoms with E-state index in [1.54, 1.807) is 11.8 Å². The van der Waals surface area contributed by atoms with Crippen LogP contribution in [-0.4, -0.2) is 88.3 Å². The molecule has 260 valence electrons. The molecule has 14 nitrogen and oxygen atoms in total. The number of nitrogens with zero attached hydrogens (tertiary/aromatic N) is 8. The lowest BCUT2D eigenvalue weighted by molar-refractivity contribution is 0.150. The zero-order valence-electron chi connectivity index (χ0n) is 28.0. The van der Waals surface area contributed by atoms with Crippen LogP contribution >= 0.6 is 11.8 Å². The molecule has 3 aromatic rings. The minimum atomic E-state index is -3.54. The van der Waals surface area contributed by atoms with Crippen molar-refractivity contribution in [2.75, 3.05) is 38.1 Å². The first kappa shape index (κ1) is 31.7. The Kier molecular flexibility index (Phi) is 7.38. The molecule has 1 saturated carbocycles. The highest BCUT2D eigenvalue weighted by atomic mass is 32.2. The molecule has 0 amide bonds. The van der Waals surface area contributed by atoms with Crippen molar-refractivity contribution in [1.82, 2.24) is 39.2 Å². The highest BCUT2D eigenvalue weighted by Gasteiger charge is 2.56. The Bertz CT molecular complexity index is 2020. The maximum atomic E-state index is 12.5. The summed E-state index contributed by atoms with van der Waals surface area (Å²) in [5.74, 6) is 2.11. The van der Waals surface area contributed by atoms with Gasteiger partial charge in [0.1, 0.15) is 11.6 Å². The topological polar surface area (TPSA) is 184 Å². The largest absolute Gasteiger partial charge is 0.393 e. The first-order valence-electron chi connectivity index (χ1n) is 17.7. The molecule has 3 saturated heterocycles. The lowest BCUT2D eigenvalue weighted by Crippen LogP contribution is -2.56. The van der Waals surface area contributed by atoms with E-state index in [2.05, 4.69) is 39.3 Å². The zero-order chi connectivity index (χ0) is 33.7. The van der Waals surface area contributed by atoms with Crippen molar-refractivity contribution in [3.8, 4) is 17.6 Å². The maximum absolute atomic E-state index is 12.5. The number of fused-ring (bicyclic) bond motifs is 5. The SMILES string of the molecule is C[C@@H]([C@@H]1CCCN1C)n1ncc2c(N3CCC[C@@]4(CNS(=O)(=O)N4)C3)nc(-c3noc4c3CCC[C@@]43CCCC4SC(N)=C(C#N)C43)nc21. The molecule has 16 heteroatoms. The highest BCUT2D eigenvalue weighted by Crippen LogP contribution is 2.60. The van der Waals surface area contributed by atoms with E-state index in [-0.39, 0.29) is 22.6 Å². The van der Waals surface area contributed by atoms with Crippen LogP contribution in [0, 0.1) is 17.2 Å². The highest BCUT2D eigenvalue weighted by molar-refractivity contribution is 8.03. The van der Waals surface area contributed by atoms with Crippen LogP contribution < -0.4 is 20.1 Å². The molecule has 0 aromatic carbocycles. The van der Waals surface area contributed by atoms with Gasteiger partial charge in [-0.05, 0) is 78.3 Å². The standard InChI is InChI=1S/C33H43N11O3S2/c1-19(23-8-5-13-42(23)2)44-31-22(16-36-44)30(43-14-6-10-32(18-43)17-37-49(45,46)41-32)38-29(39-31)26-20-7-3-11-33(27(20)47-40-26)12-4-9-24-25(33)21(15-34)28(35)48-24/h16,19,23-25,37,41H,3-14,17-18,35H2,1-2H3/t19-,23-,24?,25?,32+,33-/m0/s1. The summed E-state index contributed by atoms with van der Waals surface area (Å²) in [5, 5.41) is 21.6. The van der Waals surface area contributed by atoms with E-state index in [4.69, 9.17) is 30.5 Å². The number of likely N-dealkylation sites (N-methyl/N-ethyl adjacent to an activating group) is 1. The molecule has 6 atom stereocenters. The Hall–Kier alpha value is -3.23. The average Bonchev–Trinajstić information content (AvgIpc) is 3.91. The number of anilines is 1. The van der Waals surface area contributed by atoms with Gasteiger partial charge in [-0.3, -0.25) is 0 Å². The first-order valence-corrected chi connectivity index (χ1v) is 20.0. The molecule has 9 rings (SSSR count). The lowest BCUT2D eigenvalue weighted by atomic mass is 9.57. The number of likely N-dealkylation sites (tertiary alicyclic amines) is 1. The lowest BCUT2D eigenvalue weighted by Gasteiger charge is -2.46. The van der Waals surface area contributed by atoms with Crippen LogP contribution in [0.25, 0.3) is 22.6 Å². The van der Waals surface area contributed by atoms with Crippen LogP contribution in [0.3, 0.4) is 0 Å². The molecule has 4 N–H and O–H groups in total. The molecule has 49 heavy (non-hydrogen) atoms. The fourth-order valence-electron chi connectivity index (χ4n) is 10.1. The van der Waals surface area contributed by atoms with Gasteiger partial charge in [-0.1, -0.05) is 11.6 Å². The second-order valence-electron chi connectivity index (χ2n) is 15.1. The summed E-state index contributed by atoms with van der Waals surface area (Å²) in [5.41, 5.74) is 8.61. The van der Waals surface area contributed by atoms with Crippen molar-refractivity contribution in [3.05, 3.63) is 28.1 Å². The van der Waals surface area contributed by atoms with E-state index in [9.17, 15) is 13.7 Å². The monoisotopic (exact) mass is 705 g/mol. The Morgan fingerprint density at radius 1 is 1.16 bits per heavy atom. The molecule has 0 bridgehead atoms. The quantitative estimate of drug-likeness (QED) is 0.361. The molecule has 6 aliphatic rings. The van der Waals surface area contributed by atoms with Gasteiger partial charge < -0.3 is 20.1 Å². The van der Waals surface area contributed by atoms with Crippen LogP contribution in [0.4, 0.5) is 5.82 Å². The Balaban J connectivity index is 1.18. The smallest absolute Gasteiger partial charge is 0.277 e. The predicted molar refractivity (Wildman–Crippen MR) is 186 cm³/mol. The summed E-state index contributed by atoms with van der Waals surface area (Å²) in [6.07, 6.45) is 11.3. The van der Waals surface area contributed by atoms with E-state index in [1.165, 1.54) is 0 Å². The third-order valence-corrected chi connectivity index (χ3v) is 14.8. The number of thioether (sulfide) groups is 1. The molecule has 4 fully saturated rings. The molecule has 7 heterocycles. The average molecular weight is 706 g/mol. The number of hydrogen-bond acceptors (Lipinski definition) is 12. The number of aromatic nitrogens is 5. The van der Waals surface area contributed by atoms with Crippen molar-refractivity contribution >= 4 is 38.8 Å². The Morgan fingerprint density at radius 3 is 2.80 bits per heavy atom. The molecule has 3 aromatic heterocycles. The molecular weight excluding hydrogens is 663 g/mol. The molecular formula is C33H43N11O3S2. The van der Waals surface area contributed by atoms with E-state index in [1.807, 2.05) is 10.9 Å². The molecule has 2 spiro atoms. The van der Waals surface area contributed by atoms with Crippen molar-refractivity contribution in [1.29, 1.82) is 5.26 Å². The number of nitrogens with two attached hydrogens (primary N) is 1. The number of hydrogen-bond donors (Lipinski definition) is 3. The third-order valence-electron chi connectivity index (χ3n) is 12.3. The van der Waals surface area contributed by atoms with Gasteiger partial charge in [0.15, 0.2) is 17.2 Å². The molecule has 4 aliphatic heterocycles. The van der Waals surface area contributed by atoms with Gasteiger partial charge in [0.05, 0.1) is 39.8 Å². The molecule has 0 radical (unpaired) electrons. The van der Waals surface area contributed by atoms with Crippen LogP contribution in [0.2, 0.25) is 0 Å². The number of nitriles is 1. The van der Waals surface area contributed by atoms with Gasteiger partial charge in [-0.15, -0.1) is 11.8 Å². The fourth-order valence-corrected chi connectivity index (χ4v) is 12.9. The van der Waals surface area contributed by atoms with E-state index < -0.39 is 15.7 Å². The van der Waals surface area contributed by atoms with Crippen LogP contribution in [0.5, 0.6) is 0 Å². The van der Waals surface area contributed by atoms with Gasteiger partial charge in [0.25, 0.3) is 10.2 Å². The summed E-state index contributed by atoms with van der Waals surface area (Å²) in [7, 11) is -1.37. The van der Waals surface area contributed by atoms with Gasteiger partial charge >= 0.3 is 0 Å². The van der Waals surface area contributed by atoms with Crippen LogP contribution in [-0.2, 0) is 22.0 Å². The summed E-state index contributed by atoms with van der Waals surface area (Å²) < 4.78 is 38.9. The molecule has 2 aliphatic carbocycles. The maximum Gasteiger partial charge on any atom is 0.277 e. The van der Waals surface area contributed by atoms with E-state index in [0.717, 1.165) is 105 Å². The Labute approximate surface area is 290 Å². The van der Waals surface area contributed by atoms with Gasteiger partial charge in [-0.25, -0.2) is 19.4 Å². The van der Waals surface area contributed by atoms with Gasteiger partial charge in [-0.2, -0.15) is 23.5 Å². The second kappa shape index (κ2) is 11.4. The van der Waals surface area contributed by atoms with Crippen molar-refractivity contribution < 1.29 is 12.9 Å². The summed E-state index contributed by atoms with van der Waals surface area (Å²) in [6, 6.07) is 2.88. The van der Waals surface area contributed by atoms with Gasteiger partial charge in [0.2, 0.25) is 0 Å². The summed E-state index contributed by atoms with van der Waals surface area (Å²) in [4.78, 5) is 15.1. The minimum absolute atomic E-state index is 0.00841. The number of piperidine rings is 1. The van der Waals surface area contributed by atoms with Crippen molar-refractivity contribution in [2.45, 2.75) is 99.4 Å².